The largest absolute Gasteiger partial charge is 0.374 e. The van der Waals surface area contributed by atoms with Crippen LogP contribution in [0.4, 0.5) is 0 Å². The molecule has 0 aromatic rings. The van der Waals surface area contributed by atoms with E-state index in [0.717, 1.165) is 19.1 Å². The number of guanidine groups is 1. The first kappa shape index (κ1) is 11.3. The van der Waals surface area contributed by atoms with Crippen molar-refractivity contribution >= 4 is 5.96 Å². The number of ether oxygens (including phenoxy) is 1. The van der Waals surface area contributed by atoms with Gasteiger partial charge in [-0.3, -0.25) is 0 Å². The van der Waals surface area contributed by atoms with E-state index in [-0.39, 0.29) is 0 Å². The predicted octanol–water partition coefficient (Wildman–Crippen LogP) is 1.50. The molecule has 0 aromatic carbocycles. The first-order valence-electron chi connectivity index (χ1n) is 7.06. The molecule has 2 N–H and O–H groups in total. The van der Waals surface area contributed by atoms with Crippen molar-refractivity contribution < 1.29 is 4.74 Å². The van der Waals surface area contributed by atoms with Crippen LogP contribution < -0.4 is 5.73 Å². The van der Waals surface area contributed by atoms with Gasteiger partial charge in [0.15, 0.2) is 5.96 Å². The lowest BCUT2D eigenvalue weighted by molar-refractivity contribution is -0.0299. The molecule has 2 aliphatic carbocycles. The third-order valence-corrected chi connectivity index (χ3v) is 4.42. The van der Waals surface area contributed by atoms with E-state index in [9.17, 15) is 0 Å². The van der Waals surface area contributed by atoms with Gasteiger partial charge in [0.1, 0.15) is 0 Å². The Morgan fingerprint density at radius 3 is 2.76 bits per heavy atom. The number of nitrogens with two attached hydrogens (primary N) is 1. The summed E-state index contributed by atoms with van der Waals surface area (Å²) in [4.78, 5) is 7.03. The molecular formula is C13H23N3O. The van der Waals surface area contributed by atoms with Crippen molar-refractivity contribution in [1.82, 2.24) is 4.90 Å². The Morgan fingerprint density at radius 2 is 1.94 bits per heavy atom. The van der Waals surface area contributed by atoms with Gasteiger partial charge in [0.2, 0.25) is 0 Å². The SMILES string of the molecule is NC(=NC1CCCC1)N1CCOC2CCCC21. The zero-order chi connectivity index (χ0) is 11.7. The maximum Gasteiger partial charge on any atom is 0.191 e. The summed E-state index contributed by atoms with van der Waals surface area (Å²) in [6.45, 7) is 1.73. The summed E-state index contributed by atoms with van der Waals surface area (Å²) in [7, 11) is 0. The van der Waals surface area contributed by atoms with E-state index in [1.165, 1.54) is 44.9 Å². The number of aliphatic imine (C=N–C) groups is 1. The highest BCUT2D eigenvalue weighted by Crippen LogP contribution is 2.30. The predicted molar refractivity (Wildman–Crippen MR) is 68.0 cm³/mol. The van der Waals surface area contributed by atoms with E-state index in [0.29, 0.717) is 18.2 Å². The number of fused-ring (bicyclic) bond motifs is 1. The highest BCUT2D eigenvalue weighted by Gasteiger charge is 2.37. The lowest BCUT2D eigenvalue weighted by Crippen LogP contribution is -2.54. The molecule has 0 bridgehead atoms. The Bertz CT molecular complexity index is 299. The van der Waals surface area contributed by atoms with Gasteiger partial charge in [-0.25, -0.2) is 4.99 Å². The molecule has 1 heterocycles. The van der Waals surface area contributed by atoms with Gasteiger partial charge in [-0.2, -0.15) is 0 Å². The summed E-state index contributed by atoms with van der Waals surface area (Å²) >= 11 is 0. The monoisotopic (exact) mass is 237 g/mol. The standard InChI is InChI=1S/C13H23N3O/c14-13(15-10-4-1-2-5-10)16-8-9-17-12-7-3-6-11(12)16/h10-12H,1-9H2,(H2,14,15). The van der Waals surface area contributed by atoms with Crippen LogP contribution >= 0.6 is 0 Å². The summed E-state index contributed by atoms with van der Waals surface area (Å²) in [6.07, 6.45) is 9.15. The van der Waals surface area contributed by atoms with Crippen molar-refractivity contribution in [2.24, 2.45) is 10.7 Å². The Hall–Kier alpha value is -0.770. The first-order chi connectivity index (χ1) is 8.34. The third-order valence-electron chi connectivity index (χ3n) is 4.42. The molecule has 96 valence electrons. The van der Waals surface area contributed by atoms with Gasteiger partial charge in [0.05, 0.1) is 24.8 Å². The van der Waals surface area contributed by atoms with Crippen LogP contribution in [-0.4, -0.2) is 42.2 Å². The van der Waals surface area contributed by atoms with Crippen molar-refractivity contribution in [2.45, 2.75) is 63.1 Å². The Balaban J connectivity index is 1.69. The van der Waals surface area contributed by atoms with Crippen LogP contribution in [0.3, 0.4) is 0 Å². The fraction of sp³-hybridized carbons (Fsp3) is 0.923. The Labute approximate surface area is 103 Å². The zero-order valence-corrected chi connectivity index (χ0v) is 10.5. The van der Waals surface area contributed by atoms with Gasteiger partial charge >= 0.3 is 0 Å². The maximum atomic E-state index is 6.20. The van der Waals surface area contributed by atoms with Crippen molar-refractivity contribution in [3.63, 3.8) is 0 Å². The normalized spacial score (nSPS) is 35.3. The minimum absolute atomic E-state index is 0.404. The van der Waals surface area contributed by atoms with E-state index in [1.54, 1.807) is 0 Å². The highest BCUT2D eigenvalue weighted by atomic mass is 16.5. The van der Waals surface area contributed by atoms with Crippen LogP contribution in [-0.2, 0) is 4.74 Å². The second kappa shape index (κ2) is 4.84. The van der Waals surface area contributed by atoms with Crippen LogP contribution in [0, 0.1) is 0 Å². The molecule has 17 heavy (non-hydrogen) atoms. The zero-order valence-electron chi connectivity index (χ0n) is 10.5. The quantitative estimate of drug-likeness (QED) is 0.555. The minimum atomic E-state index is 0.404. The fourth-order valence-electron chi connectivity index (χ4n) is 3.50. The van der Waals surface area contributed by atoms with E-state index < -0.39 is 0 Å². The third kappa shape index (κ3) is 2.28. The average Bonchev–Trinajstić information content (AvgIpc) is 2.97. The smallest absolute Gasteiger partial charge is 0.191 e. The molecule has 0 amide bonds. The van der Waals surface area contributed by atoms with E-state index in [2.05, 4.69) is 4.90 Å². The summed E-state index contributed by atoms with van der Waals surface area (Å²) in [6, 6.07) is 0.978. The second-order valence-corrected chi connectivity index (χ2v) is 5.53. The van der Waals surface area contributed by atoms with Gasteiger partial charge in [-0.1, -0.05) is 12.8 Å². The molecule has 3 fully saturated rings. The van der Waals surface area contributed by atoms with Gasteiger partial charge in [-0.05, 0) is 32.1 Å². The van der Waals surface area contributed by atoms with Crippen molar-refractivity contribution in [3.05, 3.63) is 0 Å². The van der Waals surface area contributed by atoms with Crippen molar-refractivity contribution in [1.29, 1.82) is 0 Å². The number of rotatable bonds is 1. The molecule has 0 radical (unpaired) electrons. The van der Waals surface area contributed by atoms with Gasteiger partial charge in [0.25, 0.3) is 0 Å². The number of hydrogen-bond acceptors (Lipinski definition) is 2. The summed E-state index contributed by atoms with van der Waals surface area (Å²) in [5.74, 6) is 0.775. The molecule has 2 saturated carbocycles. The fourth-order valence-corrected chi connectivity index (χ4v) is 3.50. The molecule has 0 aromatic heterocycles. The van der Waals surface area contributed by atoms with Gasteiger partial charge in [-0.15, -0.1) is 0 Å². The lowest BCUT2D eigenvalue weighted by Gasteiger charge is -2.38. The van der Waals surface area contributed by atoms with Gasteiger partial charge in [0, 0.05) is 6.54 Å². The molecule has 0 spiro atoms. The average molecular weight is 237 g/mol. The molecule has 2 unspecified atom stereocenters. The van der Waals surface area contributed by atoms with Crippen molar-refractivity contribution in [2.75, 3.05) is 13.2 Å². The van der Waals surface area contributed by atoms with Crippen LogP contribution in [0.5, 0.6) is 0 Å². The molecule has 4 heteroatoms. The van der Waals surface area contributed by atoms with Gasteiger partial charge < -0.3 is 15.4 Å². The highest BCUT2D eigenvalue weighted by molar-refractivity contribution is 5.78. The number of nitrogens with zero attached hydrogens (tertiary/aromatic N) is 2. The van der Waals surface area contributed by atoms with E-state index in [4.69, 9.17) is 15.5 Å². The van der Waals surface area contributed by atoms with Crippen LogP contribution in [0.15, 0.2) is 4.99 Å². The molecule has 3 rings (SSSR count). The summed E-state index contributed by atoms with van der Waals surface area (Å²) < 4.78 is 5.80. The molecule has 2 atom stereocenters. The van der Waals surface area contributed by atoms with Crippen LogP contribution in [0.1, 0.15) is 44.9 Å². The number of hydrogen-bond donors (Lipinski definition) is 1. The lowest BCUT2D eigenvalue weighted by atomic mass is 10.1. The topological polar surface area (TPSA) is 50.8 Å². The molecule has 1 saturated heterocycles. The molecular weight excluding hydrogens is 214 g/mol. The van der Waals surface area contributed by atoms with E-state index in [1.807, 2.05) is 0 Å². The molecule has 3 aliphatic rings. The number of morpholine rings is 1. The van der Waals surface area contributed by atoms with Crippen molar-refractivity contribution in [3.8, 4) is 0 Å². The Morgan fingerprint density at radius 1 is 1.12 bits per heavy atom. The Kier molecular flexibility index (Phi) is 3.23. The first-order valence-corrected chi connectivity index (χ1v) is 7.06. The molecule has 4 nitrogen and oxygen atoms in total. The minimum Gasteiger partial charge on any atom is -0.374 e. The second-order valence-electron chi connectivity index (χ2n) is 5.53. The summed E-state index contributed by atoms with van der Waals surface area (Å²) in [5.41, 5.74) is 6.20. The van der Waals surface area contributed by atoms with Crippen LogP contribution in [0.25, 0.3) is 0 Å². The summed E-state index contributed by atoms with van der Waals surface area (Å²) in [5, 5.41) is 0. The van der Waals surface area contributed by atoms with Crippen LogP contribution in [0.2, 0.25) is 0 Å². The van der Waals surface area contributed by atoms with E-state index >= 15 is 0 Å². The maximum absolute atomic E-state index is 6.20. The molecule has 1 aliphatic heterocycles.